The normalized spacial score (nSPS) is 15.5. The van der Waals surface area contributed by atoms with Crippen LogP contribution >= 0.6 is 0 Å². The van der Waals surface area contributed by atoms with Gasteiger partial charge in [-0.25, -0.2) is 4.99 Å². The first-order chi connectivity index (χ1) is 29.7. The van der Waals surface area contributed by atoms with Gasteiger partial charge in [-0.2, -0.15) is 0 Å². The Balaban J connectivity index is 1.06. The van der Waals surface area contributed by atoms with Gasteiger partial charge in [0.15, 0.2) is 5.84 Å². The average Bonchev–Trinajstić information content (AvgIpc) is 3.83. The Morgan fingerprint density at radius 3 is 2.07 bits per heavy atom. The van der Waals surface area contributed by atoms with E-state index in [0.29, 0.717) is 0 Å². The van der Waals surface area contributed by atoms with Gasteiger partial charge in [-0.15, -0.1) is 0 Å². The second-order valence-electron chi connectivity index (χ2n) is 16.0. The summed E-state index contributed by atoms with van der Waals surface area (Å²) in [7, 11) is 0. The quantitative estimate of drug-likeness (QED) is 0.161. The second-order valence-corrected chi connectivity index (χ2v) is 16.0. The summed E-state index contributed by atoms with van der Waals surface area (Å²) in [5, 5.41) is 7.45. The number of allylic oxidation sites excluding steroid dienone is 4. The summed E-state index contributed by atoms with van der Waals surface area (Å²) in [6.45, 7) is 0. The van der Waals surface area contributed by atoms with E-state index in [4.69, 9.17) is 9.98 Å². The summed E-state index contributed by atoms with van der Waals surface area (Å²) in [6, 6.07) is 66.1. The molecule has 4 nitrogen and oxygen atoms in total. The van der Waals surface area contributed by atoms with Gasteiger partial charge < -0.3 is 9.13 Å². The van der Waals surface area contributed by atoms with Gasteiger partial charge in [-0.05, 0) is 100 Å². The minimum atomic E-state index is -0.0260. The number of amidine groups is 1. The molecule has 3 heterocycles. The first-order valence-corrected chi connectivity index (χ1v) is 21.0. The molecule has 1 unspecified atom stereocenters. The molecule has 0 amide bonds. The van der Waals surface area contributed by atoms with Crippen molar-refractivity contribution in [2.24, 2.45) is 9.98 Å². The molecule has 1 aliphatic heterocycles. The molecule has 60 heavy (non-hydrogen) atoms. The summed E-state index contributed by atoms with van der Waals surface area (Å²) in [6.07, 6.45) is 9.84. The number of hydrogen-bond acceptors (Lipinski definition) is 2. The van der Waals surface area contributed by atoms with Crippen LogP contribution in [0.2, 0.25) is 0 Å². The molecule has 0 fully saturated rings. The molecule has 1 aliphatic carbocycles. The molecule has 0 bridgehead atoms. The van der Waals surface area contributed by atoms with E-state index in [-0.39, 0.29) is 6.04 Å². The third-order valence-corrected chi connectivity index (χ3v) is 12.4. The minimum Gasteiger partial charge on any atom is -0.310 e. The van der Waals surface area contributed by atoms with Crippen molar-refractivity contribution in [1.29, 1.82) is 0 Å². The minimum absolute atomic E-state index is 0.0260. The molecule has 0 spiro atoms. The van der Waals surface area contributed by atoms with Gasteiger partial charge in [0, 0.05) is 44.9 Å². The third kappa shape index (κ3) is 5.67. The van der Waals surface area contributed by atoms with Crippen molar-refractivity contribution in [3.63, 3.8) is 0 Å². The number of aromatic nitrogens is 2. The van der Waals surface area contributed by atoms with Gasteiger partial charge >= 0.3 is 0 Å². The summed E-state index contributed by atoms with van der Waals surface area (Å²) in [5.74, 6) is 0.759. The fourth-order valence-corrected chi connectivity index (χ4v) is 9.64. The maximum Gasteiger partial charge on any atom is 0.155 e. The number of nitrogens with zero attached hydrogens (tertiary/aromatic N) is 4. The molecular weight excluding hydrogens is 729 g/mol. The Hall–Kier alpha value is -7.56. The largest absolute Gasteiger partial charge is 0.310 e. The van der Waals surface area contributed by atoms with E-state index in [2.05, 4.69) is 209 Å². The lowest BCUT2D eigenvalue weighted by atomic mass is 9.96. The lowest BCUT2D eigenvalue weighted by molar-refractivity contribution is 0.753. The molecule has 2 aromatic heterocycles. The Bertz CT molecular complexity index is 3450. The number of para-hydroxylation sites is 1. The van der Waals surface area contributed by atoms with Crippen molar-refractivity contribution in [2.45, 2.75) is 25.3 Å². The van der Waals surface area contributed by atoms with Crippen LogP contribution in [0.25, 0.3) is 76.9 Å². The van der Waals surface area contributed by atoms with Gasteiger partial charge in [-0.1, -0.05) is 146 Å². The fourth-order valence-electron chi connectivity index (χ4n) is 9.64. The molecule has 0 saturated carbocycles. The van der Waals surface area contributed by atoms with E-state index in [9.17, 15) is 0 Å². The van der Waals surface area contributed by atoms with E-state index < -0.39 is 0 Å². The molecule has 284 valence electrons. The lowest BCUT2D eigenvalue weighted by Gasteiger charge is -2.21. The van der Waals surface area contributed by atoms with Crippen molar-refractivity contribution in [3.05, 3.63) is 217 Å². The van der Waals surface area contributed by atoms with Crippen molar-refractivity contribution < 1.29 is 0 Å². The number of fused-ring (bicyclic) bond motifs is 7. The Labute approximate surface area is 348 Å². The predicted octanol–water partition coefficient (Wildman–Crippen LogP) is 14.3. The maximum atomic E-state index is 5.33. The van der Waals surface area contributed by atoms with Crippen LogP contribution in [0, 0.1) is 0 Å². The SMILES string of the molecule is C1=CC(n2c3ccccc3c3cc(-c4cccc5c4c4cc6ccccc6cc4n5-c4cccc(C5=NC(c6ccccc6)CC(c6ccccc6)=N5)c4)ccc32)=CCC1. The van der Waals surface area contributed by atoms with Crippen LogP contribution in [0.4, 0.5) is 0 Å². The average molecular weight is 769 g/mol. The van der Waals surface area contributed by atoms with Crippen molar-refractivity contribution >= 4 is 71.6 Å². The zero-order valence-electron chi connectivity index (χ0n) is 33.0. The Morgan fingerprint density at radius 1 is 0.483 bits per heavy atom. The van der Waals surface area contributed by atoms with Crippen LogP contribution in [0.5, 0.6) is 0 Å². The van der Waals surface area contributed by atoms with E-state index in [1.807, 2.05) is 0 Å². The van der Waals surface area contributed by atoms with E-state index in [1.54, 1.807) is 0 Å². The smallest absolute Gasteiger partial charge is 0.155 e. The summed E-state index contributed by atoms with van der Waals surface area (Å²) < 4.78 is 4.87. The summed E-state index contributed by atoms with van der Waals surface area (Å²) in [4.78, 5) is 10.6. The monoisotopic (exact) mass is 768 g/mol. The molecule has 2 aliphatic rings. The van der Waals surface area contributed by atoms with Crippen molar-refractivity contribution in [3.8, 4) is 16.8 Å². The van der Waals surface area contributed by atoms with Crippen LogP contribution in [-0.2, 0) is 0 Å². The molecule has 0 N–H and O–H groups in total. The highest BCUT2D eigenvalue weighted by molar-refractivity contribution is 6.20. The first-order valence-electron chi connectivity index (χ1n) is 21.0. The Morgan fingerprint density at radius 2 is 1.22 bits per heavy atom. The summed E-state index contributed by atoms with van der Waals surface area (Å²) >= 11 is 0. The molecule has 0 saturated heterocycles. The molecule has 0 radical (unpaired) electrons. The van der Waals surface area contributed by atoms with Gasteiger partial charge in [-0.3, -0.25) is 4.99 Å². The number of rotatable bonds is 6. The van der Waals surface area contributed by atoms with Crippen LogP contribution in [0.3, 0.4) is 0 Å². The van der Waals surface area contributed by atoms with Gasteiger partial charge in [0.1, 0.15) is 0 Å². The molecular formula is C56H40N4. The zero-order chi connectivity index (χ0) is 39.6. The van der Waals surface area contributed by atoms with Gasteiger partial charge in [0.05, 0.1) is 33.8 Å². The standard InChI is InChI=1S/C56H40N4/c1-4-16-37(17-5-1)49-36-50(38-18-6-2-7-19-38)58-56(57-49)42-22-14-25-44(32-42)60-53-29-15-27-45(55(53)48-33-39-20-10-11-21-40(39)35-54(48)60)41-30-31-52-47(34-41)46-26-12-13-28-51(46)59(52)43-23-8-3-9-24-43/h1-2,4-8,10-35,49H,3,9,36H2. The van der Waals surface area contributed by atoms with Crippen LogP contribution in [0.15, 0.2) is 210 Å². The zero-order valence-corrected chi connectivity index (χ0v) is 33.0. The highest BCUT2D eigenvalue weighted by Crippen LogP contribution is 2.43. The highest BCUT2D eigenvalue weighted by Gasteiger charge is 2.24. The number of hydrogen-bond donors (Lipinski definition) is 0. The second kappa shape index (κ2) is 14.1. The topological polar surface area (TPSA) is 34.6 Å². The molecule has 10 aromatic rings. The van der Waals surface area contributed by atoms with Crippen molar-refractivity contribution in [1.82, 2.24) is 9.13 Å². The highest BCUT2D eigenvalue weighted by atomic mass is 15.0. The van der Waals surface area contributed by atoms with E-state index >= 15 is 0 Å². The fraction of sp³-hybridized carbons (Fsp3) is 0.0714. The molecule has 12 rings (SSSR count). The molecule has 8 aromatic carbocycles. The van der Waals surface area contributed by atoms with Gasteiger partial charge in [0.2, 0.25) is 0 Å². The van der Waals surface area contributed by atoms with E-state index in [1.165, 1.54) is 71.3 Å². The first kappa shape index (κ1) is 34.5. The van der Waals surface area contributed by atoms with Crippen LogP contribution in [0.1, 0.15) is 42.0 Å². The molecule has 4 heteroatoms. The molecule has 1 atom stereocenters. The van der Waals surface area contributed by atoms with Crippen LogP contribution in [-0.4, -0.2) is 20.7 Å². The number of benzene rings is 8. The van der Waals surface area contributed by atoms with Crippen LogP contribution < -0.4 is 0 Å². The Kier molecular flexibility index (Phi) is 8.09. The maximum absolute atomic E-state index is 5.33. The lowest BCUT2D eigenvalue weighted by Crippen LogP contribution is -2.17. The third-order valence-electron chi connectivity index (χ3n) is 12.4. The number of aliphatic imine (C=N–C) groups is 2. The van der Waals surface area contributed by atoms with Crippen molar-refractivity contribution in [2.75, 3.05) is 0 Å². The summed E-state index contributed by atoms with van der Waals surface area (Å²) in [5.41, 5.74) is 13.9. The predicted molar refractivity (Wildman–Crippen MR) is 253 cm³/mol. The van der Waals surface area contributed by atoms with Gasteiger partial charge in [0.25, 0.3) is 0 Å². The van der Waals surface area contributed by atoms with E-state index in [0.717, 1.165) is 53.1 Å².